The van der Waals surface area contributed by atoms with Crippen LogP contribution in [0.1, 0.15) is 22.8 Å². The second-order valence-corrected chi connectivity index (χ2v) is 4.53. The van der Waals surface area contributed by atoms with E-state index in [2.05, 4.69) is 11.8 Å². The SMILES string of the molecule is Cc1cccc(C#CC(O)c2ccc(Cl)cc2)c1. The van der Waals surface area contributed by atoms with Crippen molar-refractivity contribution >= 4 is 11.6 Å². The molecule has 0 aliphatic heterocycles. The van der Waals surface area contributed by atoms with Crippen molar-refractivity contribution in [3.63, 3.8) is 0 Å². The predicted molar refractivity (Wildman–Crippen MR) is 74.5 cm³/mol. The Bertz CT molecular complexity index is 590. The maximum atomic E-state index is 9.93. The topological polar surface area (TPSA) is 20.2 Å². The van der Waals surface area contributed by atoms with Crippen molar-refractivity contribution < 1.29 is 5.11 Å². The maximum absolute atomic E-state index is 9.93. The molecule has 0 spiro atoms. The first-order chi connectivity index (χ1) is 8.65. The fourth-order valence-electron chi connectivity index (χ4n) is 1.60. The number of rotatable bonds is 1. The van der Waals surface area contributed by atoms with Gasteiger partial charge in [0.1, 0.15) is 6.10 Å². The van der Waals surface area contributed by atoms with Crippen LogP contribution in [0, 0.1) is 18.8 Å². The number of halogens is 1. The van der Waals surface area contributed by atoms with Gasteiger partial charge in [-0.2, -0.15) is 0 Å². The first-order valence-electron chi connectivity index (χ1n) is 5.67. The van der Waals surface area contributed by atoms with Gasteiger partial charge in [-0.25, -0.2) is 0 Å². The highest BCUT2D eigenvalue weighted by Crippen LogP contribution is 2.15. The second-order valence-electron chi connectivity index (χ2n) is 4.09. The molecule has 2 rings (SSSR count). The van der Waals surface area contributed by atoms with E-state index in [-0.39, 0.29) is 0 Å². The van der Waals surface area contributed by atoms with Crippen LogP contribution >= 0.6 is 11.6 Å². The molecule has 0 aromatic heterocycles. The molecule has 1 atom stereocenters. The zero-order valence-electron chi connectivity index (χ0n) is 10.0. The zero-order chi connectivity index (χ0) is 13.0. The van der Waals surface area contributed by atoms with Gasteiger partial charge >= 0.3 is 0 Å². The van der Waals surface area contributed by atoms with E-state index in [4.69, 9.17) is 11.6 Å². The van der Waals surface area contributed by atoms with Crippen molar-refractivity contribution in [3.8, 4) is 11.8 Å². The molecule has 18 heavy (non-hydrogen) atoms. The highest BCUT2D eigenvalue weighted by molar-refractivity contribution is 6.30. The van der Waals surface area contributed by atoms with E-state index in [9.17, 15) is 5.11 Å². The van der Waals surface area contributed by atoms with Gasteiger partial charge in [-0.15, -0.1) is 0 Å². The Morgan fingerprint density at radius 2 is 1.83 bits per heavy atom. The zero-order valence-corrected chi connectivity index (χ0v) is 10.8. The van der Waals surface area contributed by atoms with Crippen LogP contribution in [0.4, 0.5) is 0 Å². The quantitative estimate of drug-likeness (QED) is 0.771. The van der Waals surface area contributed by atoms with E-state index in [1.807, 2.05) is 31.2 Å². The summed E-state index contributed by atoms with van der Waals surface area (Å²) in [6.45, 7) is 2.01. The summed E-state index contributed by atoms with van der Waals surface area (Å²) < 4.78 is 0. The molecule has 90 valence electrons. The Hall–Kier alpha value is -1.75. The van der Waals surface area contributed by atoms with Crippen LogP contribution in [0.2, 0.25) is 5.02 Å². The normalized spacial score (nSPS) is 11.5. The van der Waals surface area contributed by atoms with Gasteiger partial charge in [-0.05, 0) is 42.3 Å². The van der Waals surface area contributed by atoms with Crippen molar-refractivity contribution in [2.45, 2.75) is 13.0 Å². The van der Waals surface area contributed by atoms with E-state index in [0.717, 1.165) is 16.7 Å². The molecule has 0 amide bonds. The molecule has 1 N–H and O–H groups in total. The van der Waals surface area contributed by atoms with Gasteiger partial charge in [0, 0.05) is 10.6 Å². The summed E-state index contributed by atoms with van der Waals surface area (Å²) in [4.78, 5) is 0. The third-order valence-electron chi connectivity index (χ3n) is 2.56. The molecule has 2 aromatic carbocycles. The van der Waals surface area contributed by atoms with Gasteiger partial charge in [0.15, 0.2) is 0 Å². The Labute approximate surface area is 112 Å². The van der Waals surface area contributed by atoms with Crippen LogP contribution in [0.25, 0.3) is 0 Å². The third kappa shape index (κ3) is 3.37. The Balaban J connectivity index is 2.17. The fourth-order valence-corrected chi connectivity index (χ4v) is 1.73. The molecule has 0 aliphatic carbocycles. The molecule has 0 heterocycles. The summed E-state index contributed by atoms with van der Waals surface area (Å²) in [6.07, 6.45) is -0.789. The lowest BCUT2D eigenvalue weighted by molar-refractivity contribution is 0.238. The summed E-state index contributed by atoms with van der Waals surface area (Å²) in [5, 5.41) is 10.6. The van der Waals surface area contributed by atoms with Crippen molar-refractivity contribution in [2.24, 2.45) is 0 Å². The summed E-state index contributed by atoms with van der Waals surface area (Å²) in [5.74, 6) is 5.79. The fraction of sp³-hybridized carbons (Fsp3) is 0.125. The summed E-state index contributed by atoms with van der Waals surface area (Å²) >= 11 is 5.79. The van der Waals surface area contributed by atoms with Crippen LogP contribution in [0.15, 0.2) is 48.5 Å². The van der Waals surface area contributed by atoms with Gasteiger partial charge in [0.25, 0.3) is 0 Å². The van der Waals surface area contributed by atoms with Gasteiger partial charge in [0.2, 0.25) is 0 Å². The van der Waals surface area contributed by atoms with E-state index in [1.165, 1.54) is 0 Å². The highest BCUT2D eigenvalue weighted by Gasteiger charge is 2.02. The molecule has 0 radical (unpaired) electrons. The van der Waals surface area contributed by atoms with Gasteiger partial charge in [-0.1, -0.05) is 47.7 Å². The minimum absolute atomic E-state index is 0.651. The van der Waals surface area contributed by atoms with Gasteiger partial charge in [-0.3, -0.25) is 0 Å². The van der Waals surface area contributed by atoms with Crippen LogP contribution < -0.4 is 0 Å². The molecule has 0 bridgehead atoms. The van der Waals surface area contributed by atoms with E-state index in [0.29, 0.717) is 5.02 Å². The number of aliphatic hydroxyl groups excluding tert-OH is 1. The van der Waals surface area contributed by atoms with E-state index in [1.54, 1.807) is 24.3 Å². The van der Waals surface area contributed by atoms with Crippen LogP contribution in [-0.4, -0.2) is 5.11 Å². The van der Waals surface area contributed by atoms with Gasteiger partial charge in [0.05, 0.1) is 0 Å². The molecule has 0 fully saturated rings. The maximum Gasteiger partial charge on any atom is 0.140 e. The summed E-state index contributed by atoms with van der Waals surface area (Å²) in [6, 6.07) is 14.9. The molecular weight excluding hydrogens is 244 g/mol. The lowest BCUT2D eigenvalue weighted by Crippen LogP contribution is -1.93. The standard InChI is InChI=1S/C16H13ClO/c1-12-3-2-4-13(11-12)5-10-16(18)14-6-8-15(17)9-7-14/h2-4,6-9,11,16,18H,1H3. The van der Waals surface area contributed by atoms with Crippen LogP contribution in [-0.2, 0) is 0 Å². The van der Waals surface area contributed by atoms with Crippen molar-refractivity contribution in [3.05, 3.63) is 70.2 Å². The predicted octanol–water partition coefficient (Wildman–Crippen LogP) is 3.73. The molecule has 0 saturated carbocycles. The average molecular weight is 257 g/mol. The average Bonchev–Trinajstić information content (AvgIpc) is 2.37. The number of hydrogen-bond acceptors (Lipinski definition) is 1. The lowest BCUT2D eigenvalue weighted by atomic mass is 10.1. The smallest absolute Gasteiger partial charge is 0.140 e. The Kier molecular flexibility index (Phi) is 4.04. The second kappa shape index (κ2) is 5.73. The third-order valence-corrected chi connectivity index (χ3v) is 2.81. The number of hydrogen-bond donors (Lipinski definition) is 1. The molecule has 1 nitrogen and oxygen atoms in total. The number of benzene rings is 2. The molecule has 0 saturated heterocycles. The highest BCUT2D eigenvalue weighted by atomic mass is 35.5. The Morgan fingerprint density at radius 3 is 2.50 bits per heavy atom. The van der Waals surface area contributed by atoms with E-state index >= 15 is 0 Å². The molecule has 2 aromatic rings. The number of aryl methyl sites for hydroxylation is 1. The molecule has 0 aliphatic rings. The molecular formula is C16H13ClO. The van der Waals surface area contributed by atoms with Crippen molar-refractivity contribution in [1.82, 2.24) is 0 Å². The summed E-state index contributed by atoms with van der Waals surface area (Å²) in [5.41, 5.74) is 2.81. The molecule has 1 unspecified atom stereocenters. The molecule has 2 heteroatoms. The first kappa shape index (κ1) is 12.7. The van der Waals surface area contributed by atoms with Crippen LogP contribution in [0.3, 0.4) is 0 Å². The lowest BCUT2D eigenvalue weighted by Gasteiger charge is -2.03. The largest absolute Gasteiger partial charge is 0.376 e. The van der Waals surface area contributed by atoms with Crippen LogP contribution in [0.5, 0.6) is 0 Å². The first-order valence-corrected chi connectivity index (χ1v) is 6.05. The summed E-state index contributed by atoms with van der Waals surface area (Å²) in [7, 11) is 0. The Morgan fingerprint density at radius 1 is 1.11 bits per heavy atom. The minimum atomic E-state index is -0.789. The minimum Gasteiger partial charge on any atom is -0.376 e. The van der Waals surface area contributed by atoms with Crippen molar-refractivity contribution in [2.75, 3.05) is 0 Å². The number of aliphatic hydroxyl groups is 1. The monoisotopic (exact) mass is 256 g/mol. The van der Waals surface area contributed by atoms with Gasteiger partial charge < -0.3 is 5.11 Å². The van der Waals surface area contributed by atoms with Crippen molar-refractivity contribution in [1.29, 1.82) is 0 Å². The van der Waals surface area contributed by atoms with E-state index < -0.39 is 6.10 Å².